The molecule has 64 heavy (non-hydrogen) atoms. The van der Waals surface area contributed by atoms with Gasteiger partial charge in [-0.2, -0.15) is 0 Å². The Hall–Kier alpha value is -6.71. The van der Waals surface area contributed by atoms with Crippen LogP contribution in [0.5, 0.6) is 5.75 Å². The molecule has 5 aliphatic rings. The van der Waals surface area contributed by atoms with Crippen molar-refractivity contribution in [1.82, 2.24) is 4.90 Å². The summed E-state index contributed by atoms with van der Waals surface area (Å²) in [6, 6.07) is 37.2. The summed E-state index contributed by atoms with van der Waals surface area (Å²) in [5, 5.41) is 16.4. The fourth-order valence-corrected chi connectivity index (χ4v) is 10.5. The molecule has 3 saturated heterocycles. The smallest absolute Gasteiger partial charge is 0.324 e. The number of esters is 1. The number of morpholine rings is 2. The van der Waals surface area contributed by atoms with E-state index in [1.165, 1.54) is 0 Å². The van der Waals surface area contributed by atoms with Gasteiger partial charge in [0.1, 0.15) is 29.9 Å². The molecule has 0 bridgehead atoms. The Balaban J connectivity index is 1.20. The Morgan fingerprint density at radius 3 is 2.31 bits per heavy atom. The number of allylic oxidation sites excluding steroid dienone is 2. The van der Waals surface area contributed by atoms with Crippen molar-refractivity contribution in [3.8, 4) is 17.6 Å². The van der Waals surface area contributed by atoms with Gasteiger partial charge in [0, 0.05) is 41.3 Å². The van der Waals surface area contributed by atoms with Crippen molar-refractivity contribution in [2.45, 2.75) is 55.3 Å². The monoisotopic (exact) mass is 854 g/mol. The molecule has 324 valence electrons. The number of nitrogens with zero attached hydrogens (tertiary/aromatic N) is 2. The van der Waals surface area contributed by atoms with Gasteiger partial charge in [0.25, 0.3) is 0 Å². The van der Waals surface area contributed by atoms with Crippen LogP contribution < -0.4 is 20.3 Å². The number of aliphatic hydroxyl groups is 1. The second-order valence-corrected chi connectivity index (χ2v) is 17.0. The number of benzene rings is 5. The maximum atomic E-state index is 15.7. The Morgan fingerprint density at radius 2 is 1.58 bits per heavy atom. The number of hydrogen-bond acceptors (Lipinski definition) is 9. The molecule has 0 radical (unpaired) electrons. The van der Waals surface area contributed by atoms with Crippen molar-refractivity contribution in [1.29, 1.82) is 0 Å². The largest absolute Gasteiger partial charge is 0.491 e. The molecule has 4 heterocycles. The van der Waals surface area contributed by atoms with Crippen LogP contribution in [0.3, 0.4) is 0 Å². The minimum Gasteiger partial charge on any atom is -0.491 e. The van der Waals surface area contributed by atoms with Crippen molar-refractivity contribution >= 4 is 34.8 Å². The SMILES string of the molecule is O=C1OC(c2ccccc2)C(c2ccccc2)N2C1C(C(=O)Nc1ccc(N3CCOCC3)cc1)C1(C(=O)Nc3ccc(C#CC4=CCCCC4)cc31)C2c1ccccc1OCCO. The summed E-state index contributed by atoms with van der Waals surface area (Å²) in [6.45, 7) is 2.52. The highest BCUT2D eigenvalue weighted by Gasteiger charge is 2.74. The molecule has 11 nitrogen and oxygen atoms in total. The molecule has 3 N–H and O–H groups in total. The lowest BCUT2D eigenvalue weighted by molar-refractivity contribution is -0.177. The molecule has 5 aromatic rings. The van der Waals surface area contributed by atoms with E-state index >= 15 is 14.4 Å². The quantitative estimate of drug-likeness (QED) is 0.101. The van der Waals surface area contributed by atoms with E-state index in [-0.39, 0.29) is 13.2 Å². The number of rotatable bonds is 9. The minimum atomic E-state index is -1.74. The van der Waals surface area contributed by atoms with Gasteiger partial charge in [0.05, 0.1) is 37.8 Å². The van der Waals surface area contributed by atoms with Gasteiger partial charge in [0.2, 0.25) is 11.8 Å². The predicted molar refractivity (Wildman–Crippen MR) is 244 cm³/mol. The first-order valence-electron chi connectivity index (χ1n) is 22.3. The van der Waals surface area contributed by atoms with Crippen LogP contribution in [0.25, 0.3) is 0 Å². The van der Waals surface area contributed by atoms with E-state index in [0.717, 1.165) is 61.2 Å². The van der Waals surface area contributed by atoms with Crippen molar-refractivity contribution in [3.63, 3.8) is 0 Å². The summed E-state index contributed by atoms with van der Waals surface area (Å²) in [5.41, 5.74) is 4.80. The molecule has 10 rings (SSSR count). The molecule has 1 spiro atoms. The number of amides is 2. The number of ether oxygens (including phenoxy) is 3. The van der Waals surface area contributed by atoms with Crippen molar-refractivity contribution < 1.29 is 33.7 Å². The number of fused-ring (bicyclic) bond motifs is 3. The van der Waals surface area contributed by atoms with E-state index in [9.17, 15) is 5.11 Å². The number of carbonyl (C=O) groups is 3. The zero-order valence-corrected chi connectivity index (χ0v) is 35.5. The summed E-state index contributed by atoms with van der Waals surface area (Å²) in [5.74, 6) is 4.29. The zero-order chi connectivity index (χ0) is 43.6. The van der Waals surface area contributed by atoms with Crippen LogP contribution in [0.2, 0.25) is 0 Å². The topological polar surface area (TPSA) is 130 Å². The molecule has 11 heteroatoms. The number of anilines is 3. The second kappa shape index (κ2) is 17.8. The summed E-state index contributed by atoms with van der Waals surface area (Å²) < 4.78 is 18.5. The molecular formula is C53H50N4O7. The molecule has 6 atom stereocenters. The maximum absolute atomic E-state index is 15.7. The molecule has 3 fully saturated rings. The third-order valence-electron chi connectivity index (χ3n) is 13.3. The molecule has 0 aromatic heterocycles. The fourth-order valence-electron chi connectivity index (χ4n) is 10.5. The highest BCUT2D eigenvalue weighted by atomic mass is 16.6. The lowest BCUT2D eigenvalue weighted by atomic mass is 9.65. The average molecular weight is 855 g/mol. The predicted octanol–water partition coefficient (Wildman–Crippen LogP) is 7.66. The summed E-state index contributed by atoms with van der Waals surface area (Å²) in [7, 11) is 0. The normalized spacial score (nSPS) is 25.0. The van der Waals surface area contributed by atoms with Crippen LogP contribution in [0.15, 0.2) is 139 Å². The van der Waals surface area contributed by atoms with E-state index in [4.69, 9.17) is 14.2 Å². The van der Waals surface area contributed by atoms with E-state index in [0.29, 0.717) is 47.0 Å². The third-order valence-corrected chi connectivity index (χ3v) is 13.3. The lowest BCUT2D eigenvalue weighted by Gasteiger charge is -2.46. The van der Waals surface area contributed by atoms with E-state index < -0.39 is 53.3 Å². The Bertz CT molecular complexity index is 2640. The summed E-state index contributed by atoms with van der Waals surface area (Å²) >= 11 is 0. The number of carbonyl (C=O) groups excluding carboxylic acids is 3. The van der Waals surface area contributed by atoms with E-state index in [1.54, 1.807) is 6.07 Å². The highest BCUT2D eigenvalue weighted by molar-refractivity contribution is 6.13. The second-order valence-electron chi connectivity index (χ2n) is 17.0. The van der Waals surface area contributed by atoms with Crippen LogP contribution in [-0.2, 0) is 29.3 Å². The van der Waals surface area contributed by atoms with Gasteiger partial charge in [-0.3, -0.25) is 19.3 Å². The minimum absolute atomic E-state index is 0.0142. The number of hydrogen-bond donors (Lipinski definition) is 3. The molecule has 4 aliphatic heterocycles. The third kappa shape index (κ3) is 7.41. The molecular weight excluding hydrogens is 805 g/mol. The molecule has 2 amide bonds. The first-order chi connectivity index (χ1) is 31.4. The van der Waals surface area contributed by atoms with Gasteiger partial charge >= 0.3 is 5.97 Å². The number of cyclic esters (lactones) is 1. The van der Waals surface area contributed by atoms with Crippen LogP contribution in [0.1, 0.15) is 71.7 Å². The first kappa shape index (κ1) is 41.3. The van der Waals surface area contributed by atoms with E-state index in [1.807, 2.05) is 126 Å². The zero-order valence-electron chi connectivity index (χ0n) is 35.5. The van der Waals surface area contributed by atoms with Crippen molar-refractivity contribution in [2.75, 3.05) is 55.1 Å². The van der Waals surface area contributed by atoms with Gasteiger partial charge in [0.15, 0.2) is 0 Å². The van der Waals surface area contributed by atoms with Crippen molar-refractivity contribution in [2.24, 2.45) is 5.92 Å². The van der Waals surface area contributed by atoms with E-state index in [2.05, 4.69) is 33.5 Å². The van der Waals surface area contributed by atoms with Crippen LogP contribution >= 0.6 is 0 Å². The van der Waals surface area contributed by atoms with Gasteiger partial charge < -0.3 is 34.9 Å². The van der Waals surface area contributed by atoms with Gasteiger partial charge in [-0.15, -0.1) is 0 Å². The van der Waals surface area contributed by atoms with Gasteiger partial charge in [-0.05, 0) is 96.5 Å². The lowest BCUT2D eigenvalue weighted by Crippen LogP contribution is -2.53. The van der Waals surface area contributed by atoms with Crippen LogP contribution in [-0.4, -0.2) is 73.3 Å². The van der Waals surface area contributed by atoms with Gasteiger partial charge in [-0.1, -0.05) is 96.8 Å². The van der Waals surface area contributed by atoms with Crippen LogP contribution in [0.4, 0.5) is 17.1 Å². The summed E-state index contributed by atoms with van der Waals surface area (Å²) in [4.78, 5) is 51.0. The van der Waals surface area contributed by atoms with Gasteiger partial charge in [-0.25, -0.2) is 0 Å². The molecule has 0 saturated carbocycles. The number of nitrogens with one attached hydrogen (secondary N) is 2. The average Bonchev–Trinajstić information content (AvgIpc) is 3.82. The molecule has 5 aromatic carbocycles. The standard InChI is InChI=1S/C53H50N4O7/c58-30-33-63-44-19-11-10-18-41(44)49-53(42-34-36(22-27-43(42)55-52(53)61)21-20-35-12-4-1-5-13-35)45(50(59)54-39-23-25-40(26-24-39)56-28-31-62-32-29-56)47-51(60)64-48(38-16-8-3-9-17-38)46(57(47)49)37-14-6-2-7-15-37/h2-3,6-12,14-19,22-27,34,45-49,58H,1,4-5,13,28-33H2,(H,54,59)(H,55,61). The fraction of sp³-hybridized carbons (Fsp3) is 0.302. The Morgan fingerprint density at radius 1 is 0.844 bits per heavy atom. The van der Waals surface area contributed by atoms with Crippen LogP contribution in [0, 0.1) is 17.8 Å². The highest BCUT2D eigenvalue weighted by Crippen LogP contribution is 2.65. The van der Waals surface area contributed by atoms with Crippen molar-refractivity contribution in [3.05, 3.63) is 167 Å². The molecule has 1 aliphatic carbocycles. The number of aliphatic hydroxyl groups excluding tert-OH is 1. The maximum Gasteiger partial charge on any atom is 0.324 e. The Kier molecular flexibility index (Phi) is 11.5. The molecule has 6 unspecified atom stereocenters. The summed E-state index contributed by atoms with van der Waals surface area (Å²) in [6.07, 6.45) is 5.49. The first-order valence-corrected chi connectivity index (χ1v) is 22.3. The Labute approximate surface area is 373 Å². The number of para-hydroxylation sites is 1.